The van der Waals surface area contributed by atoms with Gasteiger partial charge in [0.1, 0.15) is 37.6 Å². The third kappa shape index (κ3) is 2.45. The Balaban J connectivity index is 1.65. The molecule has 18 heavy (non-hydrogen) atoms. The smallest absolute Gasteiger partial charge is 0.132 e. The maximum absolute atomic E-state index is 2.24. The molecule has 1 aliphatic rings. The van der Waals surface area contributed by atoms with Crippen molar-refractivity contribution in [3.8, 4) is 0 Å². The lowest BCUT2D eigenvalue weighted by Gasteiger charge is -2.29. The molecule has 2 aromatic carbocycles. The fourth-order valence-corrected chi connectivity index (χ4v) is 2.78. The van der Waals surface area contributed by atoms with E-state index in [1.165, 1.54) is 37.6 Å². The predicted octanol–water partition coefficient (Wildman–Crippen LogP) is 0.433. The number of piperazine rings is 1. The Labute approximate surface area is 108 Å². The number of nitrogens with one attached hydrogen (secondary N) is 2. The monoisotopic (exact) mass is 240 g/mol. The largest absolute Gasteiger partial charge is 0.293 e. The second-order valence-electron chi connectivity index (χ2n) is 4.94. The summed E-state index contributed by atoms with van der Waals surface area (Å²) in [6.45, 7) is 4.87. The zero-order chi connectivity index (χ0) is 12.2. The molecule has 2 heteroatoms. The summed E-state index contributed by atoms with van der Waals surface area (Å²) in [5.41, 5.74) is 2.87. The van der Waals surface area contributed by atoms with Gasteiger partial charge in [-0.2, -0.15) is 0 Å². The van der Waals surface area contributed by atoms with Crippen molar-refractivity contribution in [2.45, 2.75) is 0 Å². The second kappa shape index (κ2) is 5.34. The molecule has 2 nitrogen and oxygen atoms in total. The first-order valence-corrected chi connectivity index (χ1v) is 6.74. The Morgan fingerprint density at radius 3 is 1.17 bits per heavy atom. The van der Waals surface area contributed by atoms with Gasteiger partial charge in [-0.1, -0.05) is 36.4 Å². The lowest BCUT2D eigenvalue weighted by Crippen LogP contribution is -3.24. The molecule has 3 rings (SSSR count). The first-order chi connectivity index (χ1) is 8.93. The van der Waals surface area contributed by atoms with E-state index in [-0.39, 0.29) is 0 Å². The van der Waals surface area contributed by atoms with Crippen LogP contribution < -0.4 is 9.80 Å². The van der Waals surface area contributed by atoms with Gasteiger partial charge in [0.25, 0.3) is 0 Å². The second-order valence-corrected chi connectivity index (χ2v) is 4.94. The van der Waals surface area contributed by atoms with Crippen LogP contribution in [0.3, 0.4) is 0 Å². The number of hydrogen-bond donors (Lipinski definition) is 2. The van der Waals surface area contributed by atoms with Crippen LogP contribution in [0.4, 0.5) is 11.4 Å². The van der Waals surface area contributed by atoms with Gasteiger partial charge in [-0.15, -0.1) is 0 Å². The summed E-state index contributed by atoms with van der Waals surface area (Å²) < 4.78 is 0. The third-order valence-electron chi connectivity index (χ3n) is 3.82. The van der Waals surface area contributed by atoms with Crippen molar-refractivity contribution in [3.05, 3.63) is 60.7 Å². The lowest BCUT2D eigenvalue weighted by molar-refractivity contribution is -0.952. The van der Waals surface area contributed by atoms with Gasteiger partial charge >= 0.3 is 0 Å². The van der Waals surface area contributed by atoms with Crippen LogP contribution in [0, 0.1) is 0 Å². The average Bonchev–Trinajstić information content (AvgIpc) is 2.49. The Morgan fingerprint density at radius 1 is 0.500 bits per heavy atom. The van der Waals surface area contributed by atoms with Crippen LogP contribution in [0.25, 0.3) is 0 Å². The van der Waals surface area contributed by atoms with Crippen molar-refractivity contribution in [1.29, 1.82) is 0 Å². The molecule has 92 valence electrons. The highest BCUT2D eigenvalue weighted by Crippen LogP contribution is 2.00. The van der Waals surface area contributed by atoms with Crippen molar-refractivity contribution >= 4 is 11.4 Å². The molecule has 0 atom stereocenters. The van der Waals surface area contributed by atoms with Crippen LogP contribution in [0.15, 0.2) is 60.7 Å². The van der Waals surface area contributed by atoms with E-state index < -0.39 is 0 Å². The van der Waals surface area contributed by atoms with Gasteiger partial charge < -0.3 is 0 Å². The van der Waals surface area contributed by atoms with Crippen molar-refractivity contribution in [3.63, 3.8) is 0 Å². The maximum Gasteiger partial charge on any atom is 0.132 e. The standard InChI is InChI=1S/C16H18N2/c1-3-7-15(8-4-1)17-11-13-18(14-12-17)16-9-5-2-6-10-16/h1-10H,11-14H2/p+2. The van der Waals surface area contributed by atoms with E-state index in [0.29, 0.717) is 0 Å². The van der Waals surface area contributed by atoms with E-state index >= 15 is 0 Å². The van der Waals surface area contributed by atoms with Crippen LogP contribution in [-0.4, -0.2) is 26.2 Å². The van der Waals surface area contributed by atoms with E-state index in [1.54, 1.807) is 9.80 Å². The molecule has 0 spiro atoms. The first kappa shape index (κ1) is 11.5. The third-order valence-corrected chi connectivity index (χ3v) is 3.82. The molecule has 1 heterocycles. The molecule has 0 aromatic heterocycles. The Bertz CT molecular complexity index is 425. The zero-order valence-corrected chi connectivity index (χ0v) is 10.6. The highest BCUT2D eigenvalue weighted by Gasteiger charge is 2.25. The number of rotatable bonds is 2. The topological polar surface area (TPSA) is 8.88 Å². The molecule has 0 radical (unpaired) electrons. The molecule has 1 aliphatic heterocycles. The number of hydrogen-bond acceptors (Lipinski definition) is 0. The van der Waals surface area contributed by atoms with Gasteiger partial charge in [-0.25, -0.2) is 0 Å². The van der Waals surface area contributed by atoms with Crippen molar-refractivity contribution in [1.82, 2.24) is 0 Å². The Hall–Kier alpha value is -1.64. The van der Waals surface area contributed by atoms with Crippen LogP contribution in [-0.2, 0) is 0 Å². The van der Waals surface area contributed by atoms with Crippen LogP contribution >= 0.6 is 0 Å². The molecule has 0 unspecified atom stereocenters. The summed E-state index contributed by atoms with van der Waals surface area (Å²) in [5.74, 6) is 0. The first-order valence-electron chi connectivity index (χ1n) is 6.74. The van der Waals surface area contributed by atoms with E-state index in [9.17, 15) is 0 Å². The SMILES string of the molecule is c1ccc([NH+]2CC[NH+](c3ccccc3)CC2)cc1. The minimum Gasteiger partial charge on any atom is -0.293 e. The van der Waals surface area contributed by atoms with Crippen LogP contribution in [0.1, 0.15) is 0 Å². The normalized spacial score (nSPS) is 23.8. The Kier molecular flexibility index (Phi) is 3.40. The average molecular weight is 240 g/mol. The van der Waals surface area contributed by atoms with Crippen molar-refractivity contribution in [2.24, 2.45) is 0 Å². The molecule has 2 aromatic rings. The van der Waals surface area contributed by atoms with Gasteiger partial charge in [-0.05, 0) is 24.3 Å². The van der Waals surface area contributed by atoms with Crippen LogP contribution in [0.5, 0.6) is 0 Å². The highest BCUT2D eigenvalue weighted by atomic mass is 15.3. The summed E-state index contributed by atoms with van der Waals surface area (Å²) in [4.78, 5) is 3.24. The molecular weight excluding hydrogens is 220 g/mol. The Morgan fingerprint density at radius 2 is 0.833 bits per heavy atom. The van der Waals surface area contributed by atoms with Crippen molar-refractivity contribution < 1.29 is 9.80 Å². The van der Waals surface area contributed by atoms with E-state index in [0.717, 1.165) is 0 Å². The molecule has 0 bridgehead atoms. The number of para-hydroxylation sites is 2. The fraction of sp³-hybridized carbons (Fsp3) is 0.250. The van der Waals surface area contributed by atoms with Gasteiger partial charge in [0, 0.05) is 0 Å². The maximum atomic E-state index is 2.24. The highest BCUT2D eigenvalue weighted by molar-refractivity contribution is 5.29. The minimum absolute atomic E-state index is 1.22. The van der Waals surface area contributed by atoms with Gasteiger partial charge in [0.15, 0.2) is 0 Å². The summed E-state index contributed by atoms with van der Waals surface area (Å²) in [6, 6.07) is 21.7. The number of benzene rings is 2. The molecule has 1 fully saturated rings. The summed E-state index contributed by atoms with van der Waals surface area (Å²) >= 11 is 0. The molecule has 2 N–H and O–H groups in total. The minimum atomic E-state index is 1.22. The van der Waals surface area contributed by atoms with Gasteiger partial charge in [0.2, 0.25) is 0 Å². The summed E-state index contributed by atoms with van der Waals surface area (Å²) in [7, 11) is 0. The molecule has 0 aliphatic carbocycles. The van der Waals surface area contributed by atoms with E-state index in [2.05, 4.69) is 60.7 Å². The molecule has 0 saturated carbocycles. The lowest BCUT2D eigenvalue weighted by atomic mass is 10.2. The molecule has 1 saturated heterocycles. The summed E-state index contributed by atoms with van der Waals surface area (Å²) in [5, 5.41) is 0. The van der Waals surface area contributed by atoms with E-state index in [1.807, 2.05) is 0 Å². The zero-order valence-electron chi connectivity index (χ0n) is 10.6. The van der Waals surface area contributed by atoms with E-state index in [4.69, 9.17) is 0 Å². The van der Waals surface area contributed by atoms with Gasteiger partial charge in [-0.3, -0.25) is 9.80 Å². The fourth-order valence-electron chi connectivity index (χ4n) is 2.78. The van der Waals surface area contributed by atoms with Crippen LogP contribution in [0.2, 0.25) is 0 Å². The molecule has 0 amide bonds. The predicted molar refractivity (Wildman–Crippen MR) is 73.6 cm³/mol. The quantitative estimate of drug-likeness (QED) is 0.753. The summed E-state index contributed by atoms with van der Waals surface area (Å²) in [6.07, 6.45) is 0. The van der Waals surface area contributed by atoms with Crippen molar-refractivity contribution in [2.75, 3.05) is 26.2 Å². The number of quaternary nitrogens is 2. The molecular formula is C16H20N2+2. The van der Waals surface area contributed by atoms with Gasteiger partial charge in [0.05, 0.1) is 0 Å².